The van der Waals surface area contributed by atoms with Crippen LogP contribution in [0, 0.1) is 11.7 Å². The van der Waals surface area contributed by atoms with E-state index in [1.165, 1.54) is 6.07 Å². The molecule has 32 heavy (non-hydrogen) atoms. The maximum absolute atomic E-state index is 14.3. The normalized spacial score (nSPS) is 15.2. The van der Waals surface area contributed by atoms with Gasteiger partial charge < -0.3 is 14.4 Å². The molecule has 0 spiro atoms. The molecule has 1 aliphatic rings. The highest BCUT2D eigenvalue weighted by Crippen LogP contribution is 2.26. The van der Waals surface area contributed by atoms with Crippen LogP contribution in [0.5, 0.6) is 6.01 Å². The summed E-state index contributed by atoms with van der Waals surface area (Å²) in [4.78, 5) is 18.7. The molecule has 0 radical (unpaired) electrons. The van der Waals surface area contributed by atoms with Crippen molar-refractivity contribution in [2.24, 2.45) is 5.92 Å². The fourth-order valence-electron chi connectivity index (χ4n) is 3.91. The Morgan fingerprint density at radius 3 is 2.50 bits per heavy atom. The largest absolute Gasteiger partial charge is 0.464 e. The third-order valence-electron chi connectivity index (χ3n) is 5.62. The first-order valence-electron chi connectivity index (χ1n) is 11.1. The van der Waals surface area contributed by atoms with Gasteiger partial charge in [-0.1, -0.05) is 30.3 Å². The molecule has 2 aromatic carbocycles. The quantitative estimate of drug-likeness (QED) is 0.545. The molecule has 0 aliphatic carbocycles. The average molecular weight is 440 g/mol. The topological polar surface area (TPSA) is 56.6 Å². The Morgan fingerprint density at radius 1 is 1.09 bits per heavy atom. The first kappa shape index (κ1) is 22.1. The number of nitrogens with zero attached hydrogens (tertiary/aromatic N) is 3. The molecule has 0 unspecified atom stereocenters. The summed E-state index contributed by atoms with van der Waals surface area (Å²) in [6.07, 6.45) is 1.42. The van der Waals surface area contributed by atoms with Gasteiger partial charge in [0.25, 0.3) is 6.01 Å². The first-order chi connectivity index (χ1) is 15.3. The fraction of sp³-hybridized carbons (Fsp3) is 0.440. The van der Waals surface area contributed by atoms with Crippen molar-refractivity contribution in [1.29, 1.82) is 0 Å². The molecule has 170 valence electrons. The number of likely N-dealkylation sites (tertiary alicyclic amines) is 1. The number of aromatic nitrogens is 2. The minimum absolute atomic E-state index is 0.245. The van der Waals surface area contributed by atoms with Gasteiger partial charge in [-0.25, -0.2) is 9.18 Å². The van der Waals surface area contributed by atoms with Crippen molar-refractivity contribution in [2.75, 3.05) is 19.7 Å². The van der Waals surface area contributed by atoms with Gasteiger partial charge in [-0.2, -0.15) is 4.98 Å². The number of piperidine rings is 1. The Hall–Kier alpha value is -3.09. The molecule has 6 nitrogen and oxygen atoms in total. The van der Waals surface area contributed by atoms with Crippen molar-refractivity contribution in [3.05, 3.63) is 59.9 Å². The van der Waals surface area contributed by atoms with Crippen molar-refractivity contribution < 1.29 is 18.7 Å². The van der Waals surface area contributed by atoms with Gasteiger partial charge in [-0.3, -0.25) is 4.57 Å². The summed E-state index contributed by atoms with van der Waals surface area (Å²) in [5.41, 5.74) is 1.82. The summed E-state index contributed by atoms with van der Waals surface area (Å²) in [6.45, 7) is 7.77. The second-order valence-corrected chi connectivity index (χ2v) is 9.28. The molecule has 0 atom stereocenters. The number of fused-ring (bicyclic) bond motifs is 1. The molecule has 3 aromatic rings. The van der Waals surface area contributed by atoms with Crippen LogP contribution in [0.25, 0.3) is 11.0 Å². The van der Waals surface area contributed by atoms with Gasteiger partial charge in [0.15, 0.2) is 0 Å². The van der Waals surface area contributed by atoms with Crippen molar-refractivity contribution in [3.63, 3.8) is 0 Å². The molecule has 2 heterocycles. The summed E-state index contributed by atoms with van der Waals surface area (Å²) >= 11 is 0. The predicted octanol–water partition coefficient (Wildman–Crippen LogP) is 5.25. The van der Waals surface area contributed by atoms with Crippen LogP contribution in [0.3, 0.4) is 0 Å². The SMILES string of the molecule is CC(C)(C)OC(=O)N1CCC(COc2nc3ccccc3n2Cc2ccccc2F)CC1. The molecule has 1 aromatic heterocycles. The van der Waals surface area contributed by atoms with E-state index in [0.717, 1.165) is 23.9 Å². The predicted molar refractivity (Wildman–Crippen MR) is 121 cm³/mol. The summed E-state index contributed by atoms with van der Waals surface area (Å²) in [5.74, 6) is 0.0705. The van der Waals surface area contributed by atoms with Crippen LogP contribution in [0.1, 0.15) is 39.2 Å². The number of halogens is 1. The fourth-order valence-corrected chi connectivity index (χ4v) is 3.91. The van der Waals surface area contributed by atoms with Crippen molar-refractivity contribution >= 4 is 17.1 Å². The number of benzene rings is 2. The highest BCUT2D eigenvalue weighted by molar-refractivity contribution is 5.76. The Kier molecular flexibility index (Phi) is 6.35. The number of rotatable bonds is 5. The second-order valence-electron chi connectivity index (χ2n) is 9.28. The first-order valence-corrected chi connectivity index (χ1v) is 11.1. The molecule has 1 saturated heterocycles. The lowest BCUT2D eigenvalue weighted by molar-refractivity contribution is 0.0162. The van der Waals surface area contributed by atoms with Gasteiger partial charge in [0.05, 0.1) is 24.2 Å². The van der Waals surface area contributed by atoms with Crippen LogP contribution in [0.2, 0.25) is 0 Å². The van der Waals surface area contributed by atoms with Crippen LogP contribution < -0.4 is 4.74 Å². The van der Waals surface area contributed by atoms with E-state index in [0.29, 0.717) is 43.7 Å². The van der Waals surface area contributed by atoms with Crippen LogP contribution in [0.4, 0.5) is 9.18 Å². The molecule has 0 saturated carbocycles. The van der Waals surface area contributed by atoms with Crippen LogP contribution in [0.15, 0.2) is 48.5 Å². The summed E-state index contributed by atoms with van der Waals surface area (Å²) in [7, 11) is 0. The highest BCUT2D eigenvalue weighted by atomic mass is 19.1. The lowest BCUT2D eigenvalue weighted by Crippen LogP contribution is -2.42. The smallest absolute Gasteiger partial charge is 0.410 e. The molecule has 7 heteroatoms. The van der Waals surface area contributed by atoms with E-state index >= 15 is 0 Å². The zero-order valence-electron chi connectivity index (χ0n) is 18.9. The van der Waals surface area contributed by atoms with Crippen molar-refractivity contribution in [1.82, 2.24) is 14.5 Å². The summed E-state index contributed by atoms with van der Waals surface area (Å²) in [6, 6.07) is 15.0. The number of amides is 1. The monoisotopic (exact) mass is 439 g/mol. The van der Waals surface area contributed by atoms with Crippen LogP contribution in [-0.2, 0) is 11.3 Å². The summed E-state index contributed by atoms with van der Waals surface area (Å²) < 4.78 is 27.8. The number of carbonyl (C=O) groups is 1. The lowest BCUT2D eigenvalue weighted by Gasteiger charge is -2.33. The van der Waals surface area contributed by atoms with E-state index in [2.05, 4.69) is 4.98 Å². The second kappa shape index (κ2) is 9.18. The molecule has 0 N–H and O–H groups in total. The summed E-state index contributed by atoms with van der Waals surface area (Å²) in [5, 5.41) is 0. The van der Waals surface area contributed by atoms with Gasteiger partial charge in [-0.15, -0.1) is 0 Å². The zero-order valence-corrected chi connectivity index (χ0v) is 18.9. The molecule has 1 aliphatic heterocycles. The van der Waals surface area contributed by atoms with E-state index < -0.39 is 5.60 Å². The lowest BCUT2D eigenvalue weighted by atomic mass is 9.98. The molecule has 1 amide bonds. The number of hydrogen-bond acceptors (Lipinski definition) is 4. The number of para-hydroxylation sites is 2. The Balaban J connectivity index is 1.42. The molecule has 4 rings (SSSR count). The molecule has 1 fully saturated rings. The van der Waals surface area contributed by atoms with E-state index in [4.69, 9.17) is 9.47 Å². The van der Waals surface area contributed by atoms with Gasteiger partial charge >= 0.3 is 6.09 Å². The molecular formula is C25H30FN3O3. The minimum atomic E-state index is -0.492. The number of ether oxygens (including phenoxy) is 2. The Morgan fingerprint density at radius 2 is 1.78 bits per heavy atom. The standard InChI is InChI=1S/C25H30FN3O3/c1-25(2,3)32-24(30)28-14-12-18(13-15-28)17-31-23-27-21-10-6-7-11-22(21)29(23)16-19-8-4-5-9-20(19)26/h4-11,18H,12-17H2,1-3H3. The molecular weight excluding hydrogens is 409 g/mol. The zero-order chi connectivity index (χ0) is 22.7. The minimum Gasteiger partial charge on any atom is -0.464 e. The van der Waals surface area contributed by atoms with Crippen molar-refractivity contribution in [2.45, 2.75) is 45.8 Å². The highest BCUT2D eigenvalue weighted by Gasteiger charge is 2.27. The average Bonchev–Trinajstić information content (AvgIpc) is 3.10. The van der Waals surface area contributed by atoms with Gasteiger partial charge in [0.2, 0.25) is 0 Å². The Bertz CT molecular complexity index is 1080. The van der Waals surface area contributed by atoms with Gasteiger partial charge in [0, 0.05) is 18.7 Å². The van der Waals surface area contributed by atoms with E-state index in [1.807, 2.05) is 55.7 Å². The maximum Gasteiger partial charge on any atom is 0.410 e. The third-order valence-corrected chi connectivity index (χ3v) is 5.62. The van der Waals surface area contributed by atoms with E-state index in [-0.39, 0.29) is 11.9 Å². The number of hydrogen-bond donors (Lipinski definition) is 0. The number of carbonyl (C=O) groups excluding carboxylic acids is 1. The Labute approximate surface area is 187 Å². The van der Waals surface area contributed by atoms with Gasteiger partial charge in [0.1, 0.15) is 11.4 Å². The molecule has 0 bridgehead atoms. The third kappa shape index (κ3) is 5.21. The van der Waals surface area contributed by atoms with E-state index in [9.17, 15) is 9.18 Å². The number of imidazole rings is 1. The van der Waals surface area contributed by atoms with Crippen molar-refractivity contribution in [3.8, 4) is 6.01 Å². The van der Waals surface area contributed by atoms with Crippen LogP contribution >= 0.6 is 0 Å². The van der Waals surface area contributed by atoms with E-state index in [1.54, 1.807) is 17.0 Å². The maximum atomic E-state index is 14.3. The van der Waals surface area contributed by atoms with Crippen LogP contribution in [-0.4, -0.2) is 45.8 Å². The van der Waals surface area contributed by atoms with Gasteiger partial charge in [-0.05, 0) is 57.7 Å².